The Morgan fingerprint density at radius 1 is 0.929 bits per heavy atom. The van der Waals surface area contributed by atoms with Gasteiger partial charge in [0, 0.05) is 5.56 Å². The van der Waals surface area contributed by atoms with Crippen LogP contribution in [0.2, 0.25) is 0 Å². The summed E-state index contributed by atoms with van der Waals surface area (Å²) in [4.78, 5) is 4.34. The number of ether oxygens (including phenoxy) is 1. The Hall–Kier alpha value is -2.27. The monoisotopic (exact) mass is 375 g/mol. The van der Waals surface area contributed by atoms with Crippen molar-refractivity contribution in [3.05, 3.63) is 59.4 Å². The van der Waals surface area contributed by atoms with Crippen molar-refractivity contribution < 1.29 is 4.74 Å². The zero-order valence-electron chi connectivity index (χ0n) is 17.4. The standard InChI is InChI=1S/C26H33NO/c1-3-5-6-7-21-8-13-23(14-9-21)24-15-10-22(11-16-24)12-17-25-18-19-26(20-27-25)28-4-2/h10-11,15-16,18-21,23H,3-9,13-14H2,1-2H3. The van der Waals surface area contributed by atoms with Gasteiger partial charge in [-0.05, 0) is 80.2 Å². The third kappa shape index (κ3) is 6.13. The molecule has 1 aromatic carbocycles. The van der Waals surface area contributed by atoms with Gasteiger partial charge in [-0.2, -0.15) is 0 Å². The molecule has 0 bridgehead atoms. The Labute approximate surface area is 170 Å². The van der Waals surface area contributed by atoms with E-state index in [1.807, 2.05) is 19.1 Å². The average Bonchev–Trinajstić information content (AvgIpc) is 2.75. The van der Waals surface area contributed by atoms with Gasteiger partial charge < -0.3 is 4.74 Å². The molecule has 2 aromatic rings. The van der Waals surface area contributed by atoms with Crippen LogP contribution in [0.25, 0.3) is 0 Å². The molecule has 148 valence electrons. The van der Waals surface area contributed by atoms with Gasteiger partial charge in [-0.15, -0.1) is 0 Å². The van der Waals surface area contributed by atoms with Gasteiger partial charge in [0.2, 0.25) is 0 Å². The van der Waals surface area contributed by atoms with E-state index in [0.717, 1.165) is 28.8 Å². The van der Waals surface area contributed by atoms with Crippen molar-refractivity contribution in [2.75, 3.05) is 6.61 Å². The molecule has 1 aromatic heterocycles. The maximum absolute atomic E-state index is 5.41. The predicted octanol–water partition coefficient (Wildman–Crippen LogP) is 6.73. The molecule has 0 spiro atoms. The number of unbranched alkanes of at least 4 members (excludes halogenated alkanes) is 2. The molecule has 2 heteroatoms. The Balaban J connectivity index is 1.52. The molecule has 1 fully saturated rings. The molecular formula is C26H33NO. The molecule has 1 aliphatic carbocycles. The van der Waals surface area contributed by atoms with Crippen molar-refractivity contribution in [2.24, 2.45) is 5.92 Å². The highest BCUT2D eigenvalue weighted by Gasteiger charge is 2.21. The summed E-state index contributed by atoms with van der Waals surface area (Å²) in [6.07, 6.45) is 12.8. The van der Waals surface area contributed by atoms with Gasteiger partial charge in [-0.3, -0.25) is 0 Å². The van der Waals surface area contributed by atoms with E-state index in [-0.39, 0.29) is 0 Å². The summed E-state index contributed by atoms with van der Waals surface area (Å²) < 4.78 is 5.41. The minimum Gasteiger partial charge on any atom is -0.492 e. The molecule has 28 heavy (non-hydrogen) atoms. The molecule has 0 radical (unpaired) electrons. The minimum atomic E-state index is 0.652. The SMILES string of the molecule is CCCCCC1CCC(c2ccc(C#Cc3ccc(OCC)cn3)cc2)CC1. The van der Waals surface area contributed by atoms with Crippen LogP contribution in [-0.2, 0) is 0 Å². The molecule has 1 aliphatic rings. The molecule has 1 heterocycles. The first-order valence-electron chi connectivity index (χ1n) is 11.0. The van der Waals surface area contributed by atoms with Crippen LogP contribution in [-0.4, -0.2) is 11.6 Å². The van der Waals surface area contributed by atoms with Gasteiger partial charge in [0.25, 0.3) is 0 Å². The van der Waals surface area contributed by atoms with E-state index in [9.17, 15) is 0 Å². The Bertz CT molecular complexity index is 759. The van der Waals surface area contributed by atoms with Crippen LogP contribution in [0, 0.1) is 17.8 Å². The van der Waals surface area contributed by atoms with Gasteiger partial charge in [0.05, 0.1) is 12.8 Å². The Morgan fingerprint density at radius 3 is 2.36 bits per heavy atom. The largest absolute Gasteiger partial charge is 0.492 e. The smallest absolute Gasteiger partial charge is 0.137 e. The summed E-state index contributed by atoms with van der Waals surface area (Å²) in [6, 6.07) is 12.7. The predicted molar refractivity (Wildman–Crippen MR) is 117 cm³/mol. The van der Waals surface area contributed by atoms with Crippen molar-refractivity contribution in [2.45, 2.75) is 71.1 Å². The number of rotatable bonds is 7. The number of aromatic nitrogens is 1. The van der Waals surface area contributed by atoms with E-state index >= 15 is 0 Å². The first-order valence-corrected chi connectivity index (χ1v) is 11.0. The number of hydrogen-bond acceptors (Lipinski definition) is 2. The zero-order chi connectivity index (χ0) is 19.6. The third-order valence-corrected chi connectivity index (χ3v) is 5.83. The molecule has 0 amide bonds. The topological polar surface area (TPSA) is 22.1 Å². The molecule has 0 aliphatic heterocycles. The highest BCUT2D eigenvalue weighted by atomic mass is 16.5. The van der Waals surface area contributed by atoms with Crippen LogP contribution in [0.15, 0.2) is 42.6 Å². The van der Waals surface area contributed by atoms with E-state index < -0.39 is 0 Å². The van der Waals surface area contributed by atoms with Crippen molar-refractivity contribution in [1.29, 1.82) is 0 Å². The van der Waals surface area contributed by atoms with Gasteiger partial charge in [0.1, 0.15) is 11.4 Å². The summed E-state index contributed by atoms with van der Waals surface area (Å²) in [6.45, 7) is 4.91. The third-order valence-electron chi connectivity index (χ3n) is 5.83. The minimum absolute atomic E-state index is 0.652. The van der Waals surface area contributed by atoms with Crippen LogP contribution in [0.5, 0.6) is 5.75 Å². The van der Waals surface area contributed by atoms with E-state index in [2.05, 4.69) is 48.0 Å². The lowest BCUT2D eigenvalue weighted by molar-refractivity contribution is 0.303. The molecule has 0 saturated heterocycles. The maximum Gasteiger partial charge on any atom is 0.137 e. The number of benzene rings is 1. The van der Waals surface area contributed by atoms with E-state index in [0.29, 0.717) is 6.61 Å². The zero-order valence-corrected chi connectivity index (χ0v) is 17.4. The number of hydrogen-bond donors (Lipinski definition) is 0. The lowest BCUT2D eigenvalue weighted by Crippen LogP contribution is -2.13. The molecule has 2 nitrogen and oxygen atoms in total. The fourth-order valence-corrected chi connectivity index (χ4v) is 4.15. The van der Waals surface area contributed by atoms with E-state index in [4.69, 9.17) is 4.74 Å². The quantitative estimate of drug-likeness (QED) is 0.395. The summed E-state index contributed by atoms with van der Waals surface area (Å²) >= 11 is 0. The summed E-state index contributed by atoms with van der Waals surface area (Å²) in [5.74, 6) is 8.86. The first kappa shape index (κ1) is 20.5. The van der Waals surface area contributed by atoms with Crippen molar-refractivity contribution in [3.63, 3.8) is 0 Å². The molecule has 0 N–H and O–H groups in total. The summed E-state index contributed by atoms with van der Waals surface area (Å²) in [5, 5.41) is 0. The lowest BCUT2D eigenvalue weighted by Gasteiger charge is -2.29. The molecular weight excluding hydrogens is 342 g/mol. The van der Waals surface area contributed by atoms with Crippen LogP contribution in [0.3, 0.4) is 0 Å². The van der Waals surface area contributed by atoms with Crippen LogP contribution >= 0.6 is 0 Å². The van der Waals surface area contributed by atoms with Crippen LogP contribution < -0.4 is 4.74 Å². The maximum atomic E-state index is 5.41. The fraction of sp³-hybridized carbons (Fsp3) is 0.500. The molecule has 0 atom stereocenters. The van der Waals surface area contributed by atoms with E-state index in [1.165, 1.54) is 56.9 Å². The van der Waals surface area contributed by atoms with Crippen molar-refractivity contribution in [1.82, 2.24) is 4.98 Å². The van der Waals surface area contributed by atoms with Gasteiger partial charge in [-0.1, -0.05) is 50.7 Å². The van der Waals surface area contributed by atoms with Crippen LogP contribution in [0.4, 0.5) is 0 Å². The van der Waals surface area contributed by atoms with Gasteiger partial charge >= 0.3 is 0 Å². The van der Waals surface area contributed by atoms with Crippen molar-refractivity contribution in [3.8, 4) is 17.6 Å². The normalized spacial score (nSPS) is 18.9. The summed E-state index contributed by atoms with van der Waals surface area (Å²) in [7, 11) is 0. The fourth-order valence-electron chi connectivity index (χ4n) is 4.15. The average molecular weight is 376 g/mol. The molecule has 1 saturated carbocycles. The number of pyridine rings is 1. The second-order valence-electron chi connectivity index (χ2n) is 7.90. The number of nitrogens with zero attached hydrogens (tertiary/aromatic N) is 1. The van der Waals surface area contributed by atoms with Crippen LogP contribution in [0.1, 0.15) is 88.0 Å². The lowest BCUT2D eigenvalue weighted by atomic mass is 9.77. The second-order valence-corrected chi connectivity index (χ2v) is 7.90. The van der Waals surface area contributed by atoms with Crippen molar-refractivity contribution >= 4 is 0 Å². The summed E-state index contributed by atoms with van der Waals surface area (Å²) in [5.41, 5.74) is 3.30. The second kappa shape index (κ2) is 10.9. The Morgan fingerprint density at radius 2 is 1.71 bits per heavy atom. The van der Waals surface area contributed by atoms with E-state index in [1.54, 1.807) is 6.20 Å². The van der Waals surface area contributed by atoms with Gasteiger partial charge in [0.15, 0.2) is 0 Å². The Kier molecular flexibility index (Phi) is 7.97. The first-order chi connectivity index (χ1) is 13.8. The highest BCUT2D eigenvalue weighted by molar-refractivity contribution is 5.42. The van der Waals surface area contributed by atoms with Gasteiger partial charge in [-0.25, -0.2) is 4.98 Å². The molecule has 3 rings (SSSR count). The molecule has 0 unspecified atom stereocenters. The highest BCUT2D eigenvalue weighted by Crippen LogP contribution is 2.37.